The first-order chi connectivity index (χ1) is 11.2. The van der Waals surface area contributed by atoms with E-state index in [9.17, 15) is 0 Å². The van der Waals surface area contributed by atoms with E-state index in [2.05, 4.69) is 58.8 Å². The monoisotopic (exact) mass is 324 g/mol. The zero-order valence-corrected chi connectivity index (χ0v) is 14.2. The van der Waals surface area contributed by atoms with Crippen molar-refractivity contribution in [3.63, 3.8) is 0 Å². The minimum absolute atomic E-state index is 0.193. The zero-order valence-electron chi connectivity index (χ0n) is 13.4. The first-order valence-electron chi connectivity index (χ1n) is 7.73. The Morgan fingerprint density at radius 1 is 1.17 bits per heavy atom. The number of nitrogens with one attached hydrogen (secondary N) is 1. The minimum Gasteiger partial charge on any atom is -0.308 e. The third-order valence-electron chi connectivity index (χ3n) is 3.71. The number of benzene rings is 1. The molecule has 0 saturated heterocycles. The molecule has 2 aromatic heterocycles. The van der Waals surface area contributed by atoms with Crippen molar-refractivity contribution < 1.29 is 0 Å². The third kappa shape index (κ3) is 4.21. The average Bonchev–Trinajstić information content (AvgIpc) is 3.05. The summed E-state index contributed by atoms with van der Waals surface area (Å²) < 4.78 is 0. The maximum absolute atomic E-state index is 4.73. The number of hydrogen-bond acceptors (Lipinski definition) is 5. The Labute approximate surface area is 140 Å². The molecule has 0 amide bonds. The van der Waals surface area contributed by atoms with Crippen LogP contribution in [0.5, 0.6) is 0 Å². The van der Waals surface area contributed by atoms with Gasteiger partial charge in [-0.1, -0.05) is 29.8 Å². The molecular weight excluding hydrogens is 304 g/mol. The Morgan fingerprint density at radius 3 is 2.74 bits per heavy atom. The average molecular weight is 324 g/mol. The van der Waals surface area contributed by atoms with Crippen LogP contribution in [-0.2, 0) is 6.42 Å². The minimum atomic E-state index is 0.193. The number of thiazole rings is 1. The molecule has 118 valence electrons. The van der Waals surface area contributed by atoms with Crippen LogP contribution in [0.4, 0.5) is 0 Å². The number of rotatable bonds is 6. The maximum Gasteiger partial charge on any atom is 0.123 e. The number of hydrogen-bond donors (Lipinski definition) is 1. The predicted molar refractivity (Wildman–Crippen MR) is 94.4 cm³/mol. The van der Waals surface area contributed by atoms with Crippen LogP contribution in [0.3, 0.4) is 0 Å². The lowest BCUT2D eigenvalue weighted by Crippen LogP contribution is -2.22. The first-order valence-corrected chi connectivity index (χ1v) is 8.61. The Balaban J connectivity index is 1.54. The van der Waals surface area contributed by atoms with Crippen molar-refractivity contribution in [2.24, 2.45) is 0 Å². The SMILES string of the molecule is Cc1ccc(-c2nc(CCNC(C)c3cnccn3)cs2)cc1. The standard InChI is InChI=1S/C18H20N4S/c1-13-3-5-15(6-4-13)18-22-16(12-23-18)7-8-20-14(2)17-11-19-9-10-21-17/h3-6,9-12,14,20H,7-8H2,1-2H3. The molecule has 0 saturated carbocycles. The van der Waals surface area contributed by atoms with E-state index in [1.54, 1.807) is 29.9 Å². The van der Waals surface area contributed by atoms with Crippen LogP contribution in [0.2, 0.25) is 0 Å². The summed E-state index contributed by atoms with van der Waals surface area (Å²) in [5.74, 6) is 0. The number of aryl methyl sites for hydroxylation is 1. The van der Waals surface area contributed by atoms with Gasteiger partial charge < -0.3 is 5.32 Å². The van der Waals surface area contributed by atoms with Gasteiger partial charge in [-0.15, -0.1) is 11.3 Å². The van der Waals surface area contributed by atoms with E-state index in [0.29, 0.717) is 0 Å². The molecule has 0 fully saturated rings. The lowest BCUT2D eigenvalue weighted by molar-refractivity contribution is 0.560. The van der Waals surface area contributed by atoms with Crippen LogP contribution >= 0.6 is 11.3 Å². The Morgan fingerprint density at radius 2 is 2.00 bits per heavy atom. The van der Waals surface area contributed by atoms with Crippen molar-refractivity contribution in [2.75, 3.05) is 6.54 Å². The van der Waals surface area contributed by atoms with Crippen LogP contribution in [0.25, 0.3) is 10.6 Å². The highest BCUT2D eigenvalue weighted by molar-refractivity contribution is 7.13. The molecule has 2 heterocycles. The third-order valence-corrected chi connectivity index (χ3v) is 4.65. The van der Waals surface area contributed by atoms with Crippen molar-refractivity contribution in [2.45, 2.75) is 26.3 Å². The molecule has 4 nitrogen and oxygen atoms in total. The topological polar surface area (TPSA) is 50.7 Å². The Hall–Kier alpha value is -2.11. The second-order valence-electron chi connectivity index (χ2n) is 5.57. The zero-order chi connectivity index (χ0) is 16.1. The molecule has 1 N–H and O–H groups in total. The van der Waals surface area contributed by atoms with Crippen molar-refractivity contribution in [1.29, 1.82) is 0 Å². The molecule has 0 aliphatic rings. The maximum atomic E-state index is 4.73. The van der Waals surface area contributed by atoms with Gasteiger partial charge in [0.25, 0.3) is 0 Å². The van der Waals surface area contributed by atoms with Gasteiger partial charge in [0.15, 0.2) is 0 Å². The summed E-state index contributed by atoms with van der Waals surface area (Å²) in [4.78, 5) is 13.1. The van der Waals surface area contributed by atoms with Gasteiger partial charge in [0.2, 0.25) is 0 Å². The van der Waals surface area contributed by atoms with E-state index in [1.165, 1.54) is 11.1 Å². The number of aromatic nitrogens is 3. The van der Waals surface area contributed by atoms with E-state index < -0.39 is 0 Å². The molecule has 1 aromatic carbocycles. The molecule has 5 heteroatoms. The molecule has 0 radical (unpaired) electrons. The molecule has 1 unspecified atom stereocenters. The smallest absolute Gasteiger partial charge is 0.123 e. The van der Waals surface area contributed by atoms with Crippen molar-refractivity contribution in [1.82, 2.24) is 20.3 Å². The summed E-state index contributed by atoms with van der Waals surface area (Å²) >= 11 is 1.70. The van der Waals surface area contributed by atoms with Gasteiger partial charge in [-0.05, 0) is 13.8 Å². The second-order valence-corrected chi connectivity index (χ2v) is 6.42. The molecule has 3 aromatic rings. The normalized spacial score (nSPS) is 12.3. The highest BCUT2D eigenvalue weighted by Gasteiger charge is 2.08. The highest BCUT2D eigenvalue weighted by Crippen LogP contribution is 2.24. The van der Waals surface area contributed by atoms with Gasteiger partial charge in [0, 0.05) is 48.5 Å². The molecular formula is C18H20N4S. The van der Waals surface area contributed by atoms with Crippen molar-refractivity contribution >= 4 is 11.3 Å². The summed E-state index contributed by atoms with van der Waals surface area (Å²) in [6.45, 7) is 5.07. The fraction of sp³-hybridized carbons (Fsp3) is 0.278. The van der Waals surface area contributed by atoms with E-state index >= 15 is 0 Å². The van der Waals surface area contributed by atoms with E-state index in [0.717, 1.165) is 29.4 Å². The largest absolute Gasteiger partial charge is 0.308 e. The Kier molecular flexibility index (Phi) is 5.10. The molecule has 0 aliphatic carbocycles. The van der Waals surface area contributed by atoms with Gasteiger partial charge in [0.1, 0.15) is 5.01 Å². The van der Waals surface area contributed by atoms with E-state index in [4.69, 9.17) is 4.98 Å². The lowest BCUT2D eigenvalue weighted by Gasteiger charge is -2.11. The molecule has 1 atom stereocenters. The first kappa shape index (κ1) is 15.8. The summed E-state index contributed by atoms with van der Waals surface area (Å²) in [6.07, 6.45) is 6.13. The van der Waals surface area contributed by atoms with Crippen LogP contribution in [-0.4, -0.2) is 21.5 Å². The van der Waals surface area contributed by atoms with Crippen LogP contribution in [0, 0.1) is 6.92 Å². The summed E-state index contributed by atoms with van der Waals surface area (Å²) in [7, 11) is 0. The molecule has 0 spiro atoms. The molecule has 0 bridgehead atoms. The van der Waals surface area contributed by atoms with E-state index in [1.807, 2.05) is 0 Å². The van der Waals surface area contributed by atoms with Gasteiger partial charge in [0.05, 0.1) is 11.4 Å². The van der Waals surface area contributed by atoms with Crippen molar-refractivity contribution in [3.8, 4) is 10.6 Å². The quantitative estimate of drug-likeness (QED) is 0.749. The van der Waals surface area contributed by atoms with Crippen molar-refractivity contribution in [3.05, 3.63) is 65.2 Å². The lowest BCUT2D eigenvalue weighted by atomic mass is 10.2. The molecule has 23 heavy (non-hydrogen) atoms. The van der Waals surface area contributed by atoms with E-state index in [-0.39, 0.29) is 6.04 Å². The molecule has 3 rings (SSSR count). The second kappa shape index (κ2) is 7.44. The fourth-order valence-electron chi connectivity index (χ4n) is 2.31. The van der Waals surface area contributed by atoms with Crippen LogP contribution in [0.1, 0.15) is 29.9 Å². The van der Waals surface area contributed by atoms with Crippen LogP contribution in [0.15, 0.2) is 48.2 Å². The fourth-order valence-corrected chi connectivity index (χ4v) is 3.17. The van der Waals surface area contributed by atoms with Crippen LogP contribution < -0.4 is 5.32 Å². The van der Waals surface area contributed by atoms with Gasteiger partial charge >= 0.3 is 0 Å². The summed E-state index contributed by atoms with van der Waals surface area (Å²) in [5, 5.41) is 6.69. The Bertz CT molecular complexity index is 737. The summed E-state index contributed by atoms with van der Waals surface area (Å²) in [6, 6.07) is 8.71. The van der Waals surface area contributed by atoms with Gasteiger partial charge in [-0.2, -0.15) is 0 Å². The predicted octanol–water partition coefficient (Wildman–Crippen LogP) is 3.80. The molecule has 0 aliphatic heterocycles. The van der Waals surface area contributed by atoms with Gasteiger partial charge in [-0.3, -0.25) is 9.97 Å². The number of nitrogens with zero attached hydrogens (tertiary/aromatic N) is 3. The van der Waals surface area contributed by atoms with Gasteiger partial charge in [-0.25, -0.2) is 4.98 Å². The summed E-state index contributed by atoms with van der Waals surface area (Å²) in [5.41, 5.74) is 4.55. The highest BCUT2D eigenvalue weighted by atomic mass is 32.1.